The first-order valence-electron chi connectivity index (χ1n) is 5.59. The average molecular weight is 225 g/mol. The van der Waals surface area contributed by atoms with Crippen LogP contribution in [0.4, 0.5) is 0 Å². The molecule has 0 unspecified atom stereocenters. The highest BCUT2D eigenvalue weighted by Crippen LogP contribution is 2.34. The van der Waals surface area contributed by atoms with E-state index in [-0.39, 0.29) is 0 Å². The highest BCUT2D eigenvalue weighted by Gasteiger charge is 2.32. The molecule has 0 aromatic carbocycles. The van der Waals surface area contributed by atoms with Crippen LogP contribution in [0, 0.1) is 0 Å². The van der Waals surface area contributed by atoms with Gasteiger partial charge in [-0.1, -0.05) is 0 Å². The second-order valence-electron chi connectivity index (χ2n) is 4.60. The highest BCUT2D eigenvalue weighted by molar-refractivity contribution is 4.93. The van der Waals surface area contributed by atoms with Gasteiger partial charge in [0.1, 0.15) is 0 Å². The molecule has 1 aromatic heterocycles. The van der Waals surface area contributed by atoms with Gasteiger partial charge in [0.25, 0.3) is 0 Å². The molecule has 16 heavy (non-hydrogen) atoms. The monoisotopic (exact) mass is 225 g/mol. The minimum absolute atomic E-state index is 0.461. The summed E-state index contributed by atoms with van der Waals surface area (Å²) in [4.78, 5) is 1.97. The third-order valence-electron chi connectivity index (χ3n) is 3.15. The Hall–Kier alpha value is -1.05. The number of nitrogens with zero attached hydrogens (tertiary/aromatic N) is 5. The molecule has 0 radical (unpaired) electrons. The largest absolute Gasteiger partial charge is 0.389 e. The molecule has 1 aliphatic carbocycles. The van der Waals surface area contributed by atoms with Gasteiger partial charge in [-0.05, 0) is 23.3 Å². The molecule has 1 saturated heterocycles. The van der Waals surface area contributed by atoms with Crippen LogP contribution in [0.2, 0.25) is 0 Å². The fourth-order valence-electron chi connectivity index (χ4n) is 2.10. The molecular formula is C9H15N5O2. The van der Waals surface area contributed by atoms with E-state index in [0.717, 1.165) is 18.7 Å². The summed E-state index contributed by atoms with van der Waals surface area (Å²) < 4.78 is 1.86. The zero-order valence-corrected chi connectivity index (χ0v) is 8.90. The summed E-state index contributed by atoms with van der Waals surface area (Å²) in [6, 6.07) is 0.461. The van der Waals surface area contributed by atoms with Crippen molar-refractivity contribution >= 4 is 0 Å². The molecule has 1 saturated carbocycles. The second-order valence-corrected chi connectivity index (χ2v) is 4.60. The van der Waals surface area contributed by atoms with Gasteiger partial charge in [-0.2, -0.15) is 0 Å². The quantitative estimate of drug-likeness (QED) is 0.654. The van der Waals surface area contributed by atoms with Crippen molar-refractivity contribution in [2.24, 2.45) is 0 Å². The summed E-state index contributed by atoms with van der Waals surface area (Å²) in [5, 5.41) is 30.5. The molecular weight excluding hydrogens is 210 g/mol. The molecule has 2 atom stereocenters. The van der Waals surface area contributed by atoms with Crippen molar-refractivity contribution in [1.29, 1.82) is 0 Å². The number of β-amino-alcohol motifs (C(OH)–C–C–N with tert-alkyl or cyclic N) is 2. The van der Waals surface area contributed by atoms with E-state index >= 15 is 0 Å². The van der Waals surface area contributed by atoms with Gasteiger partial charge in [0, 0.05) is 13.1 Å². The molecule has 7 nitrogen and oxygen atoms in total. The van der Waals surface area contributed by atoms with Crippen LogP contribution in [-0.4, -0.2) is 60.6 Å². The maximum absolute atomic E-state index is 9.44. The van der Waals surface area contributed by atoms with E-state index in [2.05, 4.69) is 15.5 Å². The summed E-state index contributed by atoms with van der Waals surface area (Å²) in [7, 11) is 0. The maximum Gasteiger partial charge on any atom is 0.165 e. The number of rotatable bonds is 3. The van der Waals surface area contributed by atoms with Crippen molar-refractivity contribution in [1.82, 2.24) is 25.1 Å². The molecule has 0 spiro atoms. The lowest BCUT2D eigenvalue weighted by Gasteiger charge is -2.13. The van der Waals surface area contributed by atoms with Crippen molar-refractivity contribution in [3.63, 3.8) is 0 Å². The van der Waals surface area contributed by atoms with Crippen LogP contribution >= 0.6 is 0 Å². The average Bonchev–Trinajstić information content (AvgIpc) is 2.91. The zero-order chi connectivity index (χ0) is 11.1. The van der Waals surface area contributed by atoms with Gasteiger partial charge in [0.2, 0.25) is 0 Å². The Labute approximate surface area is 92.7 Å². The number of hydrogen-bond donors (Lipinski definition) is 2. The third kappa shape index (κ3) is 1.81. The summed E-state index contributed by atoms with van der Waals surface area (Å²) in [6.07, 6.45) is 0.988. The predicted molar refractivity (Wildman–Crippen MR) is 53.4 cm³/mol. The first-order chi connectivity index (χ1) is 7.74. The number of aromatic nitrogens is 4. The Morgan fingerprint density at radius 1 is 1.19 bits per heavy atom. The topological polar surface area (TPSA) is 87.3 Å². The minimum atomic E-state index is -0.648. The van der Waals surface area contributed by atoms with Crippen molar-refractivity contribution < 1.29 is 10.2 Å². The number of aliphatic hydroxyl groups excluding tert-OH is 2. The van der Waals surface area contributed by atoms with Crippen LogP contribution in [0.5, 0.6) is 0 Å². The van der Waals surface area contributed by atoms with E-state index in [1.807, 2.05) is 9.58 Å². The number of tetrazole rings is 1. The fraction of sp³-hybridized carbons (Fsp3) is 0.889. The van der Waals surface area contributed by atoms with Gasteiger partial charge >= 0.3 is 0 Å². The lowest BCUT2D eigenvalue weighted by Crippen LogP contribution is -2.23. The second kappa shape index (κ2) is 3.76. The molecule has 2 fully saturated rings. The van der Waals surface area contributed by atoms with E-state index in [1.165, 1.54) is 0 Å². The molecule has 1 aliphatic heterocycles. The van der Waals surface area contributed by atoms with Gasteiger partial charge in [0.05, 0.1) is 24.8 Å². The standard InChI is InChI=1S/C9H15N5O2/c15-7-3-13(4-8(7)16)5-9-10-11-12-14(9)6-1-2-6/h6-8,15-16H,1-5H2/t7-,8+. The SMILES string of the molecule is O[C@@H]1CN(Cc2nnnn2C2CC2)C[C@@H]1O. The predicted octanol–water partition coefficient (Wildman–Crippen LogP) is -1.45. The van der Waals surface area contributed by atoms with Crippen molar-refractivity contribution in [3.8, 4) is 0 Å². The zero-order valence-electron chi connectivity index (χ0n) is 8.90. The number of aliphatic hydroxyl groups is 2. The van der Waals surface area contributed by atoms with E-state index in [1.54, 1.807) is 0 Å². The Kier molecular flexibility index (Phi) is 2.38. The Morgan fingerprint density at radius 3 is 2.50 bits per heavy atom. The van der Waals surface area contributed by atoms with Crippen LogP contribution in [0.25, 0.3) is 0 Å². The van der Waals surface area contributed by atoms with E-state index in [0.29, 0.717) is 25.7 Å². The van der Waals surface area contributed by atoms with Gasteiger partial charge in [-0.15, -0.1) is 5.10 Å². The molecule has 0 bridgehead atoms. The van der Waals surface area contributed by atoms with E-state index in [9.17, 15) is 10.2 Å². The lowest BCUT2D eigenvalue weighted by molar-refractivity contribution is 0.0572. The van der Waals surface area contributed by atoms with Crippen LogP contribution in [-0.2, 0) is 6.54 Å². The highest BCUT2D eigenvalue weighted by atomic mass is 16.3. The van der Waals surface area contributed by atoms with Gasteiger partial charge in [-0.25, -0.2) is 4.68 Å². The normalized spacial score (nSPS) is 31.1. The Bertz CT molecular complexity index is 368. The lowest BCUT2D eigenvalue weighted by atomic mass is 10.3. The van der Waals surface area contributed by atoms with Crippen LogP contribution < -0.4 is 0 Å². The Morgan fingerprint density at radius 2 is 1.88 bits per heavy atom. The molecule has 2 N–H and O–H groups in total. The Balaban J connectivity index is 1.67. The first-order valence-corrected chi connectivity index (χ1v) is 5.59. The summed E-state index contributed by atoms with van der Waals surface area (Å²) >= 11 is 0. The smallest absolute Gasteiger partial charge is 0.165 e. The summed E-state index contributed by atoms with van der Waals surface area (Å²) in [5.74, 6) is 0.823. The molecule has 7 heteroatoms. The van der Waals surface area contributed by atoms with Gasteiger partial charge in [0.15, 0.2) is 5.82 Å². The van der Waals surface area contributed by atoms with Crippen LogP contribution in [0.1, 0.15) is 24.7 Å². The molecule has 2 aliphatic rings. The molecule has 1 aromatic rings. The van der Waals surface area contributed by atoms with Crippen molar-refractivity contribution in [2.45, 2.75) is 37.6 Å². The van der Waals surface area contributed by atoms with Crippen molar-refractivity contribution in [3.05, 3.63) is 5.82 Å². The van der Waals surface area contributed by atoms with E-state index in [4.69, 9.17) is 0 Å². The van der Waals surface area contributed by atoms with Gasteiger partial charge in [-0.3, -0.25) is 4.90 Å². The van der Waals surface area contributed by atoms with Gasteiger partial charge < -0.3 is 10.2 Å². The molecule has 0 amide bonds. The number of hydrogen-bond acceptors (Lipinski definition) is 6. The van der Waals surface area contributed by atoms with Crippen LogP contribution in [0.15, 0.2) is 0 Å². The first kappa shape index (κ1) is 10.1. The molecule has 88 valence electrons. The summed E-state index contributed by atoms with van der Waals surface area (Å²) in [6.45, 7) is 1.56. The van der Waals surface area contributed by atoms with E-state index < -0.39 is 12.2 Å². The van der Waals surface area contributed by atoms with Crippen LogP contribution in [0.3, 0.4) is 0 Å². The fourth-order valence-corrected chi connectivity index (χ4v) is 2.10. The molecule has 2 heterocycles. The minimum Gasteiger partial charge on any atom is -0.389 e. The number of likely N-dealkylation sites (tertiary alicyclic amines) is 1. The summed E-state index contributed by atoms with van der Waals surface area (Å²) in [5.41, 5.74) is 0. The third-order valence-corrected chi connectivity index (χ3v) is 3.15. The molecule has 3 rings (SSSR count). The van der Waals surface area contributed by atoms with Crippen molar-refractivity contribution in [2.75, 3.05) is 13.1 Å². The maximum atomic E-state index is 9.44.